The topological polar surface area (TPSA) is 109 Å². The first-order valence-electron chi connectivity index (χ1n) is 4.22. The summed E-state index contributed by atoms with van der Waals surface area (Å²) in [5.74, 6) is 4.45. The molecule has 0 bridgehead atoms. The highest BCUT2D eigenvalue weighted by Gasteiger charge is 2.22. The van der Waals surface area contributed by atoms with Crippen LogP contribution in [0, 0.1) is 0 Å². The SMILES string of the molecule is COc1nc(OC)c(C(=O)NN)c(OC)n1. The molecule has 8 heteroatoms. The number of nitrogens with two attached hydrogens (primary N) is 1. The Morgan fingerprint density at radius 3 is 1.94 bits per heavy atom. The van der Waals surface area contributed by atoms with E-state index in [9.17, 15) is 4.79 Å². The third-order valence-corrected chi connectivity index (χ3v) is 1.75. The largest absolute Gasteiger partial charge is 0.480 e. The number of carbonyl (C=O) groups excluding carboxylic acids is 1. The van der Waals surface area contributed by atoms with E-state index >= 15 is 0 Å². The third kappa shape index (κ3) is 2.11. The summed E-state index contributed by atoms with van der Waals surface area (Å²) >= 11 is 0. The minimum absolute atomic E-state index is 0.00769. The summed E-state index contributed by atoms with van der Waals surface area (Å²) in [5, 5.41) is 0. The average Bonchev–Trinajstić information content (AvgIpc) is 2.35. The Hall–Kier alpha value is -2.09. The van der Waals surface area contributed by atoms with Crippen LogP contribution >= 0.6 is 0 Å². The summed E-state index contributed by atoms with van der Waals surface area (Å²) in [4.78, 5) is 19.1. The van der Waals surface area contributed by atoms with Crippen molar-refractivity contribution in [3.8, 4) is 17.8 Å². The number of amides is 1. The zero-order valence-electron chi connectivity index (χ0n) is 9.10. The Bertz CT molecular complexity index is 371. The summed E-state index contributed by atoms with van der Waals surface area (Å²) < 4.78 is 14.7. The van der Waals surface area contributed by atoms with Gasteiger partial charge in [-0.05, 0) is 0 Å². The van der Waals surface area contributed by atoms with Crippen LogP contribution in [-0.4, -0.2) is 37.2 Å². The Kier molecular flexibility index (Phi) is 3.84. The van der Waals surface area contributed by atoms with Crippen molar-refractivity contribution in [3.05, 3.63) is 5.56 Å². The van der Waals surface area contributed by atoms with Gasteiger partial charge in [-0.15, -0.1) is 0 Å². The lowest BCUT2D eigenvalue weighted by Gasteiger charge is -2.10. The van der Waals surface area contributed by atoms with E-state index in [1.54, 1.807) is 0 Å². The van der Waals surface area contributed by atoms with Crippen molar-refractivity contribution >= 4 is 5.91 Å². The third-order valence-electron chi connectivity index (χ3n) is 1.75. The van der Waals surface area contributed by atoms with Gasteiger partial charge in [-0.1, -0.05) is 0 Å². The molecular weight excluding hydrogens is 216 g/mol. The van der Waals surface area contributed by atoms with E-state index in [1.807, 2.05) is 5.43 Å². The van der Waals surface area contributed by atoms with Gasteiger partial charge < -0.3 is 14.2 Å². The molecule has 1 aromatic heterocycles. The highest BCUT2D eigenvalue weighted by Crippen LogP contribution is 2.26. The zero-order valence-corrected chi connectivity index (χ0v) is 9.10. The normalized spacial score (nSPS) is 9.50. The Morgan fingerprint density at radius 2 is 1.62 bits per heavy atom. The summed E-state index contributed by atoms with van der Waals surface area (Å²) in [6.07, 6.45) is 0. The van der Waals surface area contributed by atoms with Gasteiger partial charge in [-0.3, -0.25) is 10.2 Å². The Labute approximate surface area is 91.7 Å². The highest BCUT2D eigenvalue weighted by atomic mass is 16.5. The first-order chi connectivity index (χ1) is 7.67. The number of nitrogens with zero attached hydrogens (tertiary/aromatic N) is 2. The van der Waals surface area contributed by atoms with Crippen LogP contribution < -0.4 is 25.5 Å². The van der Waals surface area contributed by atoms with Crippen molar-refractivity contribution in [3.63, 3.8) is 0 Å². The van der Waals surface area contributed by atoms with E-state index in [0.717, 1.165) is 0 Å². The molecule has 0 saturated carbocycles. The number of ether oxygens (including phenoxy) is 3. The molecule has 0 atom stereocenters. The van der Waals surface area contributed by atoms with Gasteiger partial charge in [0.25, 0.3) is 5.91 Å². The standard InChI is InChI=1S/C8H12N4O4/c1-14-6-4(5(13)12-9)7(15-2)11-8(10-6)16-3/h9H2,1-3H3,(H,12,13). The molecule has 0 aliphatic rings. The number of nitrogen functional groups attached to an aromatic ring is 1. The predicted molar refractivity (Wildman–Crippen MR) is 53.3 cm³/mol. The van der Waals surface area contributed by atoms with Gasteiger partial charge in [0.1, 0.15) is 0 Å². The molecule has 1 rings (SSSR count). The van der Waals surface area contributed by atoms with Gasteiger partial charge in [-0.25, -0.2) is 5.84 Å². The van der Waals surface area contributed by atoms with Gasteiger partial charge >= 0.3 is 6.01 Å². The molecule has 0 aliphatic carbocycles. The minimum Gasteiger partial charge on any atom is -0.480 e. The van der Waals surface area contributed by atoms with E-state index in [1.165, 1.54) is 21.3 Å². The van der Waals surface area contributed by atoms with E-state index in [0.29, 0.717) is 0 Å². The maximum atomic E-state index is 11.5. The summed E-state index contributed by atoms with van der Waals surface area (Å²) in [6.45, 7) is 0. The molecule has 16 heavy (non-hydrogen) atoms. The number of hydrogen-bond donors (Lipinski definition) is 2. The Balaban J connectivity index is 3.37. The fourth-order valence-electron chi connectivity index (χ4n) is 1.06. The van der Waals surface area contributed by atoms with Crippen LogP contribution in [-0.2, 0) is 0 Å². The second kappa shape index (κ2) is 5.12. The molecule has 0 aromatic carbocycles. The number of carbonyl (C=O) groups is 1. The molecule has 0 aliphatic heterocycles. The molecule has 0 saturated heterocycles. The summed E-state index contributed by atoms with van der Waals surface area (Å²) in [7, 11) is 4.10. The van der Waals surface area contributed by atoms with Crippen LogP contribution in [0.3, 0.4) is 0 Å². The molecule has 1 aromatic rings. The predicted octanol–water partition coefficient (Wildman–Crippen LogP) is -0.894. The second-order valence-electron chi connectivity index (χ2n) is 2.58. The van der Waals surface area contributed by atoms with Crippen LogP contribution in [0.4, 0.5) is 0 Å². The van der Waals surface area contributed by atoms with Crippen LogP contribution in [0.2, 0.25) is 0 Å². The van der Waals surface area contributed by atoms with Gasteiger partial charge in [0.05, 0.1) is 21.3 Å². The first-order valence-corrected chi connectivity index (χ1v) is 4.22. The molecule has 1 heterocycles. The summed E-state index contributed by atoms with van der Waals surface area (Å²) in [6, 6.07) is 0.0299. The molecule has 0 fully saturated rings. The van der Waals surface area contributed by atoms with Crippen LogP contribution in [0.5, 0.6) is 17.8 Å². The minimum atomic E-state index is -0.614. The number of nitrogens with one attached hydrogen (secondary N) is 1. The average molecular weight is 228 g/mol. The monoisotopic (exact) mass is 228 g/mol. The summed E-state index contributed by atoms with van der Waals surface area (Å²) in [5.41, 5.74) is 1.96. The number of aromatic nitrogens is 2. The van der Waals surface area contributed by atoms with Crippen molar-refractivity contribution in [2.75, 3.05) is 21.3 Å². The van der Waals surface area contributed by atoms with E-state index < -0.39 is 5.91 Å². The lowest BCUT2D eigenvalue weighted by atomic mass is 10.3. The van der Waals surface area contributed by atoms with Crippen molar-refractivity contribution in [2.45, 2.75) is 0 Å². The molecule has 0 spiro atoms. The van der Waals surface area contributed by atoms with Gasteiger partial charge in [0.15, 0.2) is 5.56 Å². The number of hydrazine groups is 1. The molecule has 0 radical (unpaired) electrons. The van der Waals surface area contributed by atoms with Gasteiger partial charge in [0, 0.05) is 0 Å². The van der Waals surface area contributed by atoms with E-state index in [2.05, 4.69) is 9.97 Å². The molecule has 1 amide bonds. The Morgan fingerprint density at radius 1 is 1.12 bits per heavy atom. The van der Waals surface area contributed by atoms with Crippen molar-refractivity contribution in [1.29, 1.82) is 0 Å². The van der Waals surface area contributed by atoms with E-state index in [4.69, 9.17) is 20.1 Å². The number of hydrogen-bond acceptors (Lipinski definition) is 7. The van der Waals surface area contributed by atoms with Crippen LogP contribution in [0.15, 0.2) is 0 Å². The van der Waals surface area contributed by atoms with E-state index in [-0.39, 0.29) is 23.3 Å². The zero-order chi connectivity index (χ0) is 12.1. The fraction of sp³-hybridized carbons (Fsp3) is 0.375. The van der Waals surface area contributed by atoms with Crippen molar-refractivity contribution in [2.24, 2.45) is 5.84 Å². The van der Waals surface area contributed by atoms with Gasteiger partial charge in [-0.2, -0.15) is 9.97 Å². The van der Waals surface area contributed by atoms with Crippen LogP contribution in [0.25, 0.3) is 0 Å². The molecular formula is C8H12N4O4. The van der Waals surface area contributed by atoms with Crippen LogP contribution in [0.1, 0.15) is 10.4 Å². The lowest BCUT2D eigenvalue weighted by Crippen LogP contribution is -2.31. The maximum absolute atomic E-state index is 11.5. The lowest BCUT2D eigenvalue weighted by molar-refractivity contribution is 0.0945. The fourth-order valence-corrected chi connectivity index (χ4v) is 1.06. The smallest absolute Gasteiger partial charge is 0.322 e. The number of rotatable bonds is 4. The highest BCUT2D eigenvalue weighted by molar-refractivity contribution is 5.98. The quantitative estimate of drug-likeness (QED) is 0.390. The molecule has 8 nitrogen and oxygen atoms in total. The second-order valence-corrected chi connectivity index (χ2v) is 2.58. The molecule has 3 N–H and O–H groups in total. The maximum Gasteiger partial charge on any atom is 0.322 e. The van der Waals surface area contributed by atoms with Crippen molar-refractivity contribution < 1.29 is 19.0 Å². The van der Waals surface area contributed by atoms with Crippen molar-refractivity contribution in [1.82, 2.24) is 15.4 Å². The first kappa shape index (κ1) is 12.0. The van der Waals surface area contributed by atoms with Gasteiger partial charge in [0.2, 0.25) is 11.8 Å². The molecule has 88 valence electrons. The molecule has 0 unspecified atom stereocenters. The number of methoxy groups -OCH3 is 3.